The van der Waals surface area contributed by atoms with Gasteiger partial charge in [0.2, 0.25) is 0 Å². The Balaban J connectivity index is 1.79. The number of nitrogens with one attached hydrogen (secondary N) is 1. The van der Waals surface area contributed by atoms with E-state index in [2.05, 4.69) is 33.0 Å². The van der Waals surface area contributed by atoms with E-state index in [1.807, 2.05) is 6.07 Å². The van der Waals surface area contributed by atoms with Crippen LogP contribution in [0.1, 0.15) is 31.2 Å². The van der Waals surface area contributed by atoms with E-state index < -0.39 is 0 Å². The lowest BCUT2D eigenvalue weighted by Gasteiger charge is -2.25. The van der Waals surface area contributed by atoms with Gasteiger partial charge in [0, 0.05) is 28.8 Å². The highest BCUT2D eigenvalue weighted by atomic mass is 79.9. The fraction of sp³-hybridized carbons (Fsp3) is 0.533. The van der Waals surface area contributed by atoms with Crippen molar-refractivity contribution in [2.45, 2.75) is 25.7 Å². The Labute approximate surface area is 122 Å². The van der Waals surface area contributed by atoms with Crippen molar-refractivity contribution in [2.75, 3.05) is 18.0 Å². The van der Waals surface area contributed by atoms with E-state index in [0.29, 0.717) is 0 Å². The molecule has 3 nitrogen and oxygen atoms in total. The topological polar surface area (TPSA) is 53.1 Å². The number of amidine groups is 1. The van der Waals surface area contributed by atoms with Gasteiger partial charge in [0.15, 0.2) is 0 Å². The number of nitrogen functional groups attached to an aromatic ring is 1. The van der Waals surface area contributed by atoms with Crippen LogP contribution in [0.15, 0.2) is 22.7 Å². The summed E-state index contributed by atoms with van der Waals surface area (Å²) in [7, 11) is 0. The summed E-state index contributed by atoms with van der Waals surface area (Å²) in [5, 5.41) is 7.53. The Morgan fingerprint density at radius 2 is 1.79 bits per heavy atom. The highest BCUT2D eigenvalue weighted by Gasteiger charge is 2.29. The Bertz CT molecular complexity index is 478. The lowest BCUT2D eigenvalue weighted by molar-refractivity contribution is 0.679. The molecule has 0 amide bonds. The van der Waals surface area contributed by atoms with Gasteiger partial charge in [-0.05, 0) is 71.6 Å². The SMILES string of the molecule is N=C(N)c1ccc(N(CC2CC2)CC2CC2)cc1Br. The third-order valence-corrected chi connectivity index (χ3v) is 4.62. The van der Waals surface area contributed by atoms with Crippen molar-refractivity contribution < 1.29 is 0 Å². The largest absolute Gasteiger partial charge is 0.384 e. The van der Waals surface area contributed by atoms with E-state index in [1.165, 1.54) is 44.5 Å². The van der Waals surface area contributed by atoms with Crippen LogP contribution in [0.25, 0.3) is 0 Å². The molecule has 102 valence electrons. The molecule has 3 rings (SSSR count). The van der Waals surface area contributed by atoms with Gasteiger partial charge in [-0.25, -0.2) is 0 Å². The Hall–Kier alpha value is -1.03. The summed E-state index contributed by atoms with van der Waals surface area (Å²) in [6, 6.07) is 6.17. The number of benzene rings is 1. The molecule has 0 aromatic heterocycles. The number of nitrogens with two attached hydrogens (primary N) is 1. The maximum Gasteiger partial charge on any atom is 0.123 e. The fourth-order valence-corrected chi connectivity index (χ4v) is 3.01. The second-order valence-electron chi connectivity index (χ2n) is 5.87. The summed E-state index contributed by atoms with van der Waals surface area (Å²) in [5.41, 5.74) is 7.60. The molecule has 0 saturated heterocycles. The molecule has 2 aliphatic carbocycles. The first-order valence-corrected chi connectivity index (χ1v) is 7.81. The molecule has 3 N–H and O–H groups in total. The summed E-state index contributed by atoms with van der Waals surface area (Å²) in [4.78, 5) is 2.52. The zero-order chi connectivity index (χ0) is 13.4. The monoisotopic (exact) mass is 321 g/mol. The number of rotatable bonds is 6. The van der Waals surface area contributed by atoms with Crippen LogP contribution in [0.5, 0.6) is 0 Å². The number of hydrogen-bond acceptors (Lipinski definition) is 2. The smallest absolute Gasteiger partial charge is 0.123 e. The average Bonchev–Trinajstić information content (AvgIpc) is 3.22. The van der Waals surface area contributed by atoms with E-state index in [-0.39, 0.29) is 5.84 Å². The summed E-state index contributed by atoms with van der Waals surface area (Å²) >= 11 is 3.53. The van der Waals surface area contributed by atoms with Crippen molar-refractivity contribution in [2.24, 2.45) is 17.6 Å². The second-order valence-corrected chi connectivity index (χ2v) is 6.72. The molecule has 0 unspecified atom stereocenters. The molecule has 2 fully saturated rings. The second kappa shape index (κ2) is 5.16. The van der Waals surface area contributed by atoms with E-state index in [1.54, 1.807) is 0 Å². The maximum absolute atomic E-state index is 7.53. The molecule has 0 heterocycles. The van der Waals surface area contributed by atoms with Crippen LogP contribution in [0.2, 0.25) is 0 Å². The molecule has 1 aromatic rings. The van der Waals surface area contributed by atoms with Crippen LogP contribution in [0, 0.1) is 17.2 Å². The van der Waals surface area contributed by atoms with Crippen molar-refractivity contribution in [1.29, 1.82) is 5.41 Å². The van der Waals surface area contributed by atoms with Crippen molar-refractivity contribution in [3.8, 4) is 0 Å². The predicted molar refractivity (Wildman–Crippen MR) is 82.8 cm³/mol. The van der Waals surface area contributed by atoms with Gasteiger partial charge < -0.3 is 10.6 Å². The van der Waals surface area contributed by atoms with Crippen LogP contribution in [-0.4, -0.2) is 18.9 Å². The minimum absolute atomic E-state index is 0.120. The van der Waals surface area contributed by atoms with Gasteiger partial charge >= 0.3 is 0 Å². The van der Waals surface area contributed by atoms with Crippen molar-refractivity contribution in [3.63, 3.8) is 0 Å². The number of nitrogens with zero attached hydrogens (tertiary/aromatic N) is 1. The number of halogens is 1. The lowest BCUT2D eigenvalue weighted by atomic mass is 10.1. The molecule has 1 aromatic carbocycles. The first-order valence-electron chi connectivity index (χ1n) is 7.02. The molecule has 19 heavy (non-hydrogen) atoms. The molecule has 0 atom stereocenters. The molecule has 2 aliphatic rings. The minimum atomic E-state index is 0.120. The summed E-state index contributed by atoms with van der Waals surface area (Å²) < 4.78 is 0.925. The molecule has 0 bridgehead atoms. The number of anilines is 1. The highest BCUT2D eigenvalue weighted by molar-refractivity contribution is 9.10. The minimum Gasteiger partial charge on any atom is -0.384 e. The summed E-state index contributed by atoms with van der Waals surface area (Å²) in [6.07, 6.45) is 5.53. The van der Waals surface area contributed by atoms with Gasteiger partial charge in [0.05, 0.1) is 0 Å². The van der Waals surface area contributed by atoms with E-state index in [4.69, 9.17) is 11.1 Å². The van der Waals surface area contributed by atoms with Crippen LogP contribution in [0.4, 0.5) is 5.69 Å². The van der Waals surface area contributed by atoms with Crippen molar-refractivity contribution >= 4 is 27.5 Å². The molecular formula is C15H20BrN3. The van der Waals surface area contributed by atoms with Crippen LogP contribution >= 0.6 is 15.9 Å². The van der Waals surface area contributed by atoms with Crippen LogP contribution < -0.4 is 10.6 Å². The van der Waals surface area contributed by atoms with Gasteiger partial charge in [-0.1, -0.05) is 0 Å². The molecule has 2 saturated carbocycles. The first-order chi connectivity index (χ1) is 9.13. The molecular weight excluding hydrogens is 302 g/mol. The zero-order valence-electron chi connectivity index (χ0n) is 11.0. The molecule has 0 spiro atoms. The third-order valence-electron chi connectivity index (χ3n) is 3.96. The van der Waals surface area contributed by atoms with Crippen molar-refractivity contribution in [1.82, 2.24) is 0 Å². The fourth-order valence-electron chi connectivity index (χ4n) is 2.43. The number of hydrogen-bond donors (Lipinski definition) is 2. The molecule has 0 radical (unpaired) electrons. The summed E-state index contributed by atoms with van der Waals surface area (Å²) in [6.45, 7) is 2.37. The summed E-state index contributed by atoms with van der Waals surface area (Å²) in [5.74, 6) is 1.91. The Kier molecular flexibility index (Phi) is 3.52. The zero-order valence-corrected chi connectivity index (χ0v) is 12.6. The lowest BCUT2D eigenvalue weighted by Crippen LogP contribution is -2.28. The third kappa shape index (κ3) is 3.30. The standard InChI is InChI=1S/C15H20BrN3/c16-14-7-12(5-6-13(14)15(17)18)19(8-10-1-2-10)9-11-3-4-11/h5-7,10-11H,1-4,8-9H2,(H3,17,18). The highest BCUT2D eigenvalue weighted by Crippen LogP contribution is 2.36. The average molecular weight is 322 g/mol. The van der Waals surface area contributed by atoms with Gasteiger partial charge in [0.1, 0.15) is 5.84 Å². The van der Waals surface area contributed by atoms with E-state index >= 15 is 0 Å². The normalized spacial score (nSPS) is 18.4. The van der Waals surface area contributed by atoms with Crippen molar-refractivity contribution in [3.05, 3.63) is 28.2 Å². The van der Waals surface area contributed by atoms with E-state index in [0.717, 1.165) is 21.9 Å². The first kappa shape index (κ1) is 13.0. The predicted octanol–water partition coefficient (Wildman–Crippen LogP) is 3.36. The quantitative estimate of drug-likeness (QED) is 0.623. The molecule has 4 heteroatoms. The van der Waals surface area contributed by atoms with Gasteiger partial charge in [-0.2, -0.15) is 0 Å². The maximum atomic E-state index is 7.53. The van der Waals surface area contributed by atoms with Gasteiger partial charge in [-0.15, -0.1) is 0 Å². The Morgan fingerprint density at radius 3 is 2.21 bits per heavy atom. The molecule has 0 aliphatic heterocycles. The van der Waals surface area contributed by atoms with Crippen LogP contribution in [0.3, 0.4) is 0 Å². The Morgan fingerprint density at radius 1 is 1.21 bits per heavy atom. The van der Waals surface area contributed by atoms with Crippen LogP contribution in [-0.2, 0) is 0 Å². The van der Waals surface area contributed by atoms with Gasteiger partial charge in [-0.3, -0.25) is 5.41 Å². The van der Waals surface area contributed by atoms with E-state index in [9.17, 15) is 0 Å². The van der Waals surface area contributed by atoms with Gasteiger partial charge in [0.25, 0.3) is 0 Å².